The van der Waals surface area contributed by atoms with Crippen LogP contribution in [0, 0.1) is 5.92 Å². The van der Waals surface area contributed by atoms with Crippen LogP contribution in [0.5, 0.6) is 0 Å². The molecule has 0 aromatic heterocycles. The largest absolute Gasteiger partial charge is 0.310 e. The summed E-state index contributed by atoms with van der Waals surface area (Å²) >= 11 is 0. The molecule has 1 atom stereocenters. The van der Waals surface area contributed by atoms with E-state index in [9.17, 15) is 0 Å². The molecule has 0 saturated heterocycles. The molecular weight excluding hydrogens is 242 g/mol. The molecule has 0 radical (unpaired) electrons. The van der Waals surface area contributed by atoms with Gasteiger partial charge in [-0.2, -0.15) is 0 Å². The van der Waals surface area contributed by atoms with E-state index in [1.54, 1.807) is 0 Å². The van der Waals surface area contributed by atoms with Gasteiger partial charge in [0.2, 0.25) is 0 Å². The standard InChI is InChI=1S/C19H31N/c1-3-16-10-12-18(13-11-16)19(4-2)20-15-14-17-8-6-5-7-9-17/h10-13,17,19-20H,3-9,14-15H2,1-2H3. The molecular formula is C19H31N. The monoisotopic (exact) mass is 273 g/mol. The predicted molar refractivity (Wildman–Crippen MR) is 88.0 cm³/mol. The van der Waals surface area contributed by atoms with Crippen LogP contribution in [0.4, 0.5) is 0 Å². The second-order valence-corrected chi connectivity index (χ2v) is 6.30. The van der Waals surface area contributed by atoms with E-state index in [2.05, 4.69) is 43.4 Å². The number of rotatable bonds is 7. The van der Waals surface area contributed by atoms with Crippen LogP contribution in [0.1, 0.15) is 76.0 Å². The number of aryl methyl sites for hydroxylation is 1. The van der Waals surface area contributed by atoms with Crippen LogP contribution < -0.4 is 5.32 Å². The van der Waals surface area contributed by atoms with Crippen molar-refractivity contribution < 1.29 is 0 Å². The molecule has 1 unspecified atom stereocenters. The fourth-order valence-electron chi connectivity index (χ4n) is 3.42. The molecule has 1 aromatic carbocycles. The highest BCUT2D eigenvalue weighted by Crippen LogP contribution is 2.26. The van der Waals surface area contributed by atoms with Crippen LogP contribution in [-0.4, -0.2) is 6.54 Å². The number of hydrogen-bond acceptors (Lipinski definition) is 1. The highest BCUT2D eigenvalue weighted by atomic mass is 14.9. The average molecular weight is 273 g/mol. The molecule has 1 fully saturated rings. The molecule has 1 aliphatic rings. The van der Waals surface area contributed by atoms with Crippen molar-refractivity contribution in [2.75, 3.05) is 6.54 Å². The molecule has 1 N–H and O–H groups in total. The van der Waals surface area contributed by atoms with E-state index >= 15 is 0 Å². The van der Waals surface area contributed by atoms with Crippen LogP contribution >= 0.6 is 0 Å². The molecule has 1 saturated carbocycles. The number of hydrogen-bond donors (Lipinski definition) is 1. The van der Waals surface area contributed by atoms with E-state index in [-0.39, 0.29) is 0 Å². The van der Waals surface area contributed by atoms with Crippen molar-refractivity contribution >= 4 is 0 Å². The van der Waals surface area contributed by atoms with E-state index in [0.717, 1.165) is 12.3 Å². The Morgan fingerprint density at radius 1 is 1.05 bits per heavy atom. The van der Waals surface area contributed by atoms with Gasteiger partial charge in [0.25, 0.3) is 0 Å². The molecule has 112 valence electrons. The minimum atomic E-state index is 0.532. The first-order chi connectivity index (χ1) is 9.83. The predicted octanol–water partition coefficient (Wildman–Crippen LogP) is 5.26. The summed E-state index contributed by atoms with van der Waals surface area (Å²) in [6.45, 7) is 5.68. The van der Waals surface area contributed by atoms with Gasteiger partial charge < -0.3 is 5.32 Å². The van der Waals surface area contributed by atoms with Gasteiger partial charge in [0, 0.05) is 6.04 Å². The highest BCUT2D eigenvalue weighted by Gasteiger charge is 2.14. The Kier molecular flexibility index (Phi) is 6.59. The minimum absolute atomic E-state index is 0.532. The van der Waals surface area contributed by atoms with Crippen LogP contribution in [0.3, 0.4) is 0 Å². The SMILES string of the molecule is CCc1ccc(C(CC)NCCC2CCCCC2)cc1. The molecule has 1 heteroatoms. The van der Waals surface area contributed by atoms with Gasteiger partial charge in [0.1, 0.15) is 0 Å². The Hall–Kier alpha value is -0.820. The maximum Gasteiger partial charge on any atom is 0.0317 e. The lowest BCUT2D eigenvalue weighted by molar-refractivity contribution is 0.327. The summed E-state index contributed by atoms with van der Waals surface area (Å²) in [5.41, 5.74) is 2.89. The van der Waals surface area contributed by atoms with E-state index in [4.69, 9.17) is 0 Å². The summed E-state index contributed by atoms with van der Waals surface area (Å²) in [6, 6.07) is 9.70. The first-order valence-corrected chi connectivity index (χ1v) is 8.65. The maximum absolute atomic E-state index is 3.77. The lowest BCUT2D eigenvalue weighted by Crippen LogP contribution is -2.24. The van der Waals surface area contributed by atoms with Gasteiger partial charge in [-0.15, -0.1) is 0 Å². The van der Waals surface area contributed by atoms with Gasteiger partial charge in [-0.1, -0.05) is 70.2 Å². The zero-order valence-corrected chi connectivity index (χ0v) is 13.3. The summed E-state index contributed by atoms with van der Waals surface area (Å²) in [5, 5.41) is 3.77. The van der Waals surface area contributed by atoms with Gasteiger partial charge in [-0.25, -0.2) is 0 Å². The smallest absolute Gasteiger partial charge is 0.0317 e. The molecule has 20 heavy (non-hydrogen) atoms. The van der Waals surface area contributed by atoms with E-state index in [1.165, 1.54) is 62.6 Å². The molecule has 0 spiro atoms. The Labute approximate surface area is 125 Å². The van der Waals surface area contributed by atoms with Crippen molar-refractivity contribution in [1.29, 1.82) is 0 Å². The quantitative estimate of drug-likeness (QED) is 0.714. The average Bonchev–Trinajstić information content (AvgIpc) is 2.53. The summed E-state index contributed by atoms with van der Waals surface area (Å²) < 4.78 is 0. The third-order valence-corrected chi connectivity index (χ3v) is 4.87. The molecule has 1 nitrogen and oxygen atoms in total. The van der Waals surface area contributed by atoms with Gasteiger partial charge in [0.05, 0.1) is 0 Å². The second kappa shape index (κ2) is 8.46. The van der Waals surface area contributed by atoms with Crippen LogP contribution in [0.25, 0.3) is 0 Å². The van der Waals surface area contributed by atoms with Crippen LogP contribution in [-0.2, 0) is 6.42 Å². The van der Waals surface area contributed by atoms with Gasteiger partial charge in [0.15, 0.2) is 0 Å². The lowest BCUT2D eigenvalue weighted by atomic mass is 9.87. The summed E-state index contributed by atoms with van der Waals surface area (Å²) in [4.78, 5) is 0. The van der Waals surface area contributed by atoms with Crippen molar-refractivity contribution in [2.45, 2.75) is 71.3 Å². The third-order valence-electron chi connectivity index (χ3n) is 4.87. The Morgan fingerprint density at radius 2 is 1.75 bits per heavy atom. The zero-order chi connectivity index (χ0) is 14.2. The molecule has 0 amide bonds. The molecule has 0 aliphatic heterocycles. The Balaban J connectivity index is 1.78. The van der Waals surface area contributed by atoms with E-state index < -0.39 is 0 Å². The molecule has 2 rings (SSSR count). The number of benzene rings is 1. The number of nitrogens with one attached hydrogen (secondary N) is 1. The lowest BCUT2D eigenvalue weighted by Gasteiger charge is -2.23. The fraction of sp³-hybridized carbons (Fsp3) is 0.684. The first kappa shape index (κ1) is 15.6. The maximum atomic E-state index is 3.77. The highest BCUT2D eigenvalue weighted by molar-refractivity contribution is 5.24. The molecule has 1 aromatic rings. The molecule has 0 heterocycles. The Bertz CT molecular complexity index is 362. The summed E-state index contributed by atoms with van der Waals surface area (Å²) in [6.07, 6.45) is 11.0. The normalized spacial score (nSPS) is 18.1. The van der Waals surface area contributed by atoms with Gasteiger partial charge >= 0.3 is 0 Å². The topological polar surface area (TPSA) is 12.0 Å². The van der Waals surface area contributed by atoms with Crippen molar-refractivity contribution in [3.63, 3.8) is 0 Å². The van der Waals surface area contributed by atoms with Gasteiger partial charge in [-0.05, 0) is 42.9 Å². The second-order valence-electron chi connectivity index (χ2n) is 6.30. The van der Waals surface area contributed by atoms with Crippen molar-refractivity contribution in [1.82, 2.24) is 5.32 Å². The first-order valence-electron chi connectivity index (χ1n) is 8.65. The van der Waals surface area contributed by atoms with E-state index in [1.807, 2.05) is 0 Å². The minimum Gasteiger partial charge on any atom is -0.310 e. The molecule has 0 bridgehead atoms. The van der Waals surface area contributed by atoms with Crippen LogP contribution in [0.2, 0.25) is 0 Å². The van der Waals surface area contributed by atoms with Crippen molar-refractivity contribution in [2.24, 2.45) is 5.92 Å². The third kappa shape index (κ3) is 4.63. The van der Waals surface area contributed by atoms with E-state index in [0.29, 0.717) is 6.04 Å². The Morgan fingerprint density at radius 3 is 2.35 bits per heavy atom. The molecule has 1 aliphatic carbocycles. The van der Waals surface area contributed by atoms with Crippen molar-refractivity contribution in [3.05, 3.63) is 35.4 Å². The van der Waals surface area contributed by atoms with Crippen LogP contribution in [0.15, 0.2) is 24.3 Å². The fourth-order valence-corrected chi connectivity index (χ4v) is 3.42. The summed E-state index contributed by atoms with van der Waals surface area (Å²) in [7, 11) is 0. The van der Waals surface area contributed by atoms with Crippen molar-refractivity contribution in [3.8, 4) is 0 Å². The van der Waals surface area contributed by atoms with Gasteiger partial charge in [-0.3, -0.25) is 0 Å². The zero-order valence-electron chi connectivity index (χ0n) is 13.3. The summed E-state index contributed by atoms with van der Waals surface area (Å²) in [5.74, 6) is 0.983.